The highest BCUT2D eigenvalue weighted by Gasteiger charge is 2.09. The van der Waals surface area contributed by atoms with Gasteiger partial charge in [0.2, 0.25) is 0 Å². The lowest BCUT2D eigenvalue weighted by Gasteiger charge is -2.14. The van der Waals surface area contributed by atoms with Crippen LogP contribution in [0.4, 0.5) is 5.69 Å². The highest BCUT2D eigenvalue weighted by molar-refractivity contribution is 6.04. The van der Waals surface area contributed by atoms with E-state index in [2.05, 4.69) is 26.1 Å². The summed E-state index contributed by atoms with van der Waals surface area (Å²) in [5.41, 5.74) is 1.27. The number of hydrogen-bond acceptors (Lipinski definition) is 3. The smallest absolute Gasteiger partial charge is 0.255 e. The van der Waals surface area contributed by atoms with E-state index in [1.165, 1.54) is 0 Å². The topological polar surface area (TPSA) is 47.6 Å². The predicted octanol–water partition coefficient (Wildman–Crippen LogP) is 5.15. The van der Waals surface area contributed by atoms with Crippen LogP contribution in [0.2, 0.25) is 0 Å². The molecule has 1 unspecified atom stereocenters. The summed E-state index contributed by atoms with van der Waals surface area (Å²) in [6, 6.07) is 14.7. The number of benzene rings is 2. The van der Waals surface area contributed by atoms with Crippen LogP contribution < -0.4 is 14.8 Å². The molecule has 2 aromatic carbocycles. The van der Waals surface area contributed by atoms with Crippen molar-refractivity contribution in [3.8, 4) is 11.5 Å². The molecular weight excluding hydrogens is 314 g/mol. The lowest BCUT2D eigenvalue weighted by molar-refractivity contribution is 0.102. The van der Waals surface area contributed by atoms with Gasteiger partial charge in [0, 0.05) is 17.3 Å². The average molecular weight is 341 g/mol. The van der Waals surface area contributed by atoms with E-state index >= 15 is 0 Å². The second kappa shape index (κ2) is 9.11. The normalized spacial score (nSPS) is 11.9. The Labute approximate surface area is 150 Å². The van der Waals surface area contributed by atoms with E-state index in [1.54, 1.807) is 12.1 Å². The number of rotatable bonds is 8. The van der Waals surface area contributed by atoms with E-state index in [1.807, 2.05) is 43.3 Å². The van der Waals surface area contributed by atoms with Crippen molar-refractivity contribution in [3.63, 3.8) is 0 Å². The fraction of sp³-hybridized carbons (Fsp3) is 0.381. The number of carbonyl (C=O) groups excluding carboxylic acids is 1. The molecule has 0 bridgehead atoms. The molecule has 0 saturated carbocycles. The first kappa shape index (κ1) is 18.8. The van der Waals surface area contributed by atoms with Gasteiger partial charge in [-0.25, -0.2) is 0 Å². The number of hydrogen-bond donors (Lipinski definition) is 1. The molecule has 4 nitrogen and oxygen atoms in total. The van der Waals surface area contributed by atoms with Gasteiger partial charge in [-0.1, -0.05) is 32.9 Å². The second-order valence-electron chi connectivity index (χ2n) is 6.55. The Balaban J connectivity index is 2.04. The Kier molecular flexibility index (Phi) is 6.87. The fourth-order valence-corrected chi connectivity index (χ4v) is 2.16. The molecule has 0 aliphatic heterocycles. The van der Waals surface area contributed by atoms with Gasteiger partial charge >= 0.3 is 0 Å². The number of anilines is 1. The van der Waals surface area contributed by atoms with E-state index in [-0.39, 0.29) is 12.0 Å². The minimum atomic E-state index is -0.171. The zero-order valence-electron chi connectivity index (χ0n) is 15.4. The van der Waals surface area contributed by atoms with Gasteiger partial charge in [-0.05, 0) is 49.6 Å². The minimum Gasteiger partial charge on any atom is -0.493 e. The highest BCUT2D eigenvalue weighted by Crippen LogP contribution is 2.20. The lowest BCUT2D eigenvalue weighted by Crippen LogP contribution is -2.13. The van der Waals surface area contributed by atoms with E-state index in [0.717, 1.165) is 12.2 Å². The first-order chi connectivity index (χ1) is 12.0. The lowest BCUT2D eigenvalue weighted by atomic mass is 10.2. The van der Waals surface area contributed by atoms with Gasteiger partial charge in [-0.3, -0.25) is 4.79 Å². The third kappa shape index (κ3) is 6.14. The fourth-order valence-electron chi connectivity index (χ4n) is 2.16. The summed E-state index contributed by atoms with van der Waals surface area (Å²) in [7, 11) is 0. The SMILES string of the molecule is CCC(C)Oc1cccc(C(=O)Nc2cccc(OCC(C)C)c2)c1. The molecule has 0 aliphatic carbocycles. The molecule has 0 spiro atoms. The Morgan fingerprint density at radius 2 is 1.76 bits per heavy atom. The van der Waals surface area contributed by atoms with Crippen LogP contribution in [0.25, 0.3) is 0 Å². The van der Waals surface area contributed by atoms with Crippen LogP contribution in [0, 0.1) is 5.92 Å². The van der Waals surface area contributed by atoms with Crippen LogP contribution in [-0.4, -0.2) is 18.6 Å². The summed E-state index contributed by atoms with van der Waals surface area (Å²) in [6.45, 7) is 8.91. The molecule has 0 radical (unpaired) electrons. The molecule has 4 heteroatoms. The van der Waals surface area contributed by atoms with Crippen LogP contribution in [0.15, 0.2) is 48.5 Å². The van der Waals surface area contributed by atoms with Crippen LogP contribution >= 0.6 is 0 Å². The van der Waals surface area contributed by atoms with Crippen LogP contribution in [0.5, 0.6) is 11.5 Å². The Hall–Kier alpha value is -2.49. The maximum absolute atomic E-state index is 12.5. The zero-order chi connectivity index (χ0) is 18.2. The van der Waals surface area contributed by atoms with Crippen molar-refractivity contribution in [1.82, 2.24) is 0 Å². The Morgan fingerprint density at radius 3 is 2.48 bits per heavy atom. The number of carbonyl (C=O) groups is 1. The molecular formula is C21H27NO3. The van der Waals surface area contributed by atoms with Gasteiger partial charge in [0.1, 0.15) is 11.5 Å². The van der Waals surface area contributed by atoms with E-state index in [9.17, 15) is 4.79 Å². The van der Waals surface area contributed by atoms with Crippen molar-refractivity contribution >= 4 is 11.6 Å². The number of ether oxygens (including phenoxy) is 2. The summed E-state index contributed by atoms with van der Waals surface area (Å²) < 4.78 is 11.5. The summed E-state index contributed by atoms with van der Waals surface area (Å²) in [6.07, 6.45) is 1.03. The summed E-state index contributed by atoms with van der Waals surface area (Å²) in [5.74, 6) is 1.73. The molecule has 134 valence electrons. The van der Waals surface area contributed by atoms with Crippen LogP contribution in [0.1, 0.15) is 44.5 Å². The van der Waals surface area contributed by atoms with Gasteiger partial charge < -0.3 is 14.8 Å². The van der Waals surface area contributed by atoms with Gasteiger partial charge in [0.15, 0.2) is 0 Å². The zero-order valence-corrected chi connectivity index (χ0v) is 15.4. The molecule has 1 N–H and O–H groups in total. The van der Waals surface area contributed by atoms with Crippen LogP contribution in [0.3, 0.4) is 0 Å². The van der Waals surface area contributed by atoms with E-state index in [4.69, 9.17) is 9.47 Å². The molecule has 0 saturated heterocycles. The number of amides is 1. The largest absolute Gasteiger partial charge is 0.493 e. The van der Waals surface area contributed by atoms with Crippen molar-refractivity contribution in [1.29, 1.82) is 0 Å². The summed E-state index contributed by atoms with van der Waals surface area (Å²) >= 11 is 0. The van der Waals surface area contributed by atoms with Gasteiger partial charge in [-0.15, -0.1) is 0 Å². The second-order valence-corrected chi connectivity index (χ2v) is 6.55. The van der Waals surface area contributed by atoms with E-state index < -0.39 is 0 Å². The summed E-state index contributed by atoms with van der Waals surface area (Å²) in [5, 5.41) is 2.91. The maximum atomic E-state index is 12.5. The van der Waals surface area contributed by atoms with Gasteiger partial charge in [0.05, 0.1) is 12.7 Å². The molecule has 2 rings (SSSR count). The van der Waals surface area contributed by atoms with Crippen molar-refractivity contribution in [2.24, 2.45) is 5.92 Å². The van der Waals surface area contributed by atoms with E-state index in [0.29, 0.717) is 29.5 Å². The molecule has 0 aromatic heterocycles. The average Bonchev–Trinajstić information content (AvgIpc) is 2.60. The van der Waals surface area contributed by atoms with Crippen molar-refractivity contribution in [2.45, 2.75) is 40.2 Å². The van der Waals surface area contributed by atoms with Crippen molar-refractivity contribution in [2.75, 3.05) is 11.9 Å². The quantitative estimate of drug-likeness (QED) is 0.722. The van der Waals surface area contributed by atoms with Crippen molar-refractivity contribution in [3.05, 3.63) is 54.1 Å². The van der Waals surface area contributed by atoms with Gasteiger partial charge in [0.25, 0.3) is 5.91 Å². The standard InChI is InChI=1S/C21H27NO3/c1-5-16(4)25-20-11-6-8-17(12-20)21(23)22-18-9-7-10-19(13-18)24-14-15(2)3/h6-13,15-16H,5,14H2,1-4H3,(H,22,23). The molecule has 0 aliphatic rings. The van der Waals surface area contributed by atoms with Crippen molar-refractivity contribution < 1.29 is 14.3 Å². The third-order valence-electron chi connectivity index (χ3n) is 3.68. The molecule has 1 atom stereocenters. The van der Waals surface area contributed by atoms with Gasteiger partial charge in [-0.2, -0.15) is 0 Å². The monoisotopic (exact) mass is 341 g/mol. The first-order valence-electron chi connectivity index (χ1n) is 8.79. The number of nitrogens with one attached hydrogen (secondary N) is 1. The predicted molar refractivity (Wildman–Crippen MR) is 102 cm³/mol. The maximum Gasteiger partial charge on any atom is 0.255 e. The Morgan fingerprint density at radius 1 is 1.04 bits per heavy atom. The molecule has 2 aromatic rings. The Bertz CT molecular complexity index is 697. The summed E-state index contributed by atoms with van der Waals surface area (Å²) in [4.78, 5) is 12.5. The first-order valence-corrected chi connectivity index (χ1v) is 8.79. The highest BCUT2D eigenvalue weighted by atomic mass is 16.5. The molecule has 1 amide bonds. The minimum absolute atomic E-state index is 0.119. The molecule has 25 heavy (non-hydrogen) atoms. The third-order valence-corrected chi connectivity index (χ3v) is 3.68. The molecule has 0 fully saturated rings. The molecule has 0 heterocycles. The van der Waals surface area contributed by atoms with Crippen LogP contribution in [-0.2, 0) is 0 Å².